The van der Waals surface area contributed by atoms with E-state index in [2.05, 4.69) is 0 Å². The number of aliphatic hydroxyl groups is 2. The van der Waals surface area contributed by atoms with Crippen LogP contribution in [0.15, 0.2) is 41.5 Å². The van der Waals surface area contributed by atoms with Gasteiger partial charge in [-0.3, -0.25) is 14.4 Å². The summed E-state index contributed by atoms with van der Waals surface area (Å²) in [6.07, 6.45) is -10.3. The van der Waals surface area contributed by atoms with Gasteiger partial charge in [0.2, 0.25) is 5.60 Å². The molecule has 2 aliphatic heterocycles. The summed E-state index contributed by atoms with van der Waals surface area (Å²) in [7, 11) is 0. The first-order chi connectivity index (χ1) is 21.0. The molecule has 2 heterocycles. The van der Waals surface area contributed by atoms with Gasteiger partial charge in [-0.1, -0.05) is 32.0 Å². The van der Waals surface area contributed by atoms with Crippen LogP contribution in [0, 0.1) is 16.7 Å². The predicted octanol–water partition coefficient (Wildman–Crippen LogP) is 1.81. The number of carbonyl (C=O) groups is 5. The zero-order chi connectivity index (χ0) is 32.9. The number of esters is 3. The summed E-state index contributed by atoms with van der Waals surface area (Å²) in [5.74, 6) is -4.68. The number of ether oxygens (including phenoxy) is 6. The van der Waals surface area contributed by atoms with Crippen LogP contribution in [0.1, 0.15) is 58.3 Å². The lowest BCUT2D eigenvalue weighted by Crippen LogP contribution is -2.83. The van der Waals surface area contributed by atoms with Gasteiger partial charge >= 0.3 is 24.1 Å². The van der Waals surface area contributed by atoms with Crippen molar-refractivity contribution in [1.29, 1.82) is 0 Å². The molecule has 45 heavy (non-hydrogen) atoms. The van der Waals surface area contributed by atoms with Crippen molar-refractivity contribution in [3.05, 3.63) is 47.0 Å². The maximum Gasteiger partial charge on any atom is 0.509 e. The third-order valence-corrected chi connectivity index (χ3v) is 10.7. The lowest BCUT2D eigenvalue weighted by Gasteiger charge is -2.67. The van der Waals surface area contributed by atoms with Crippen molar-refractivity contribution >= 4 is 29.8 Å². The summed E-state index contributed by atoms with van der Waals surface area (Å²) in [5.41, 5.74) is -6.88. The SMILES string of the molecule is CC(=O)O[C@H]1C(=O)[C@@]2(C)[C@H]([C@H](OC(=O)c3ccccc3)[C@]34OC(=O)O[C@H]3[C@H](O)C(C)=C1C4(C)C)[C@]1(OC(C)=O)CO[C@@H]1C[C@@H]2O. The molecule has 0 unspecified atom stereocenters. The molecule has 1 aromatic rings. The van der Waals surface area contributed by atoms with Crippen molar-refractivity contribution in [1.82, 2.24) is 0 Å². The molecule has 0 aromatic heterocycles. The topological polar surface area (TPSA) is 181 Å². The van der Waals surface area contributed by atoms with Gasteiger partial charge < -0.3 is 38.6 Å². The molecule has 2 N–H and O–H groups in total. The van der Waals surface area contributed by atoms with Crippen LogP contribution in [-0.2, 0) is 42.8 Å². The molecule has 0 amide bonds. The number of hydrogen-bond acceptors (Lipinski definition) is 13. The van der Waals surface area contributed by atoms with E-state index in [0.29, 0.717) is 0 Å². The van der Waals surface area contributed by atoms with Gasteiger partial charge in [-0.2, -0.15) is 0 Å². The number of ketones is 1. The summed E-state index contributed by atoms with van der Waals surface area (Å²) in [5, 5.41) is 23.5. The number of carbonyl (C=O) groups excluding carboxylic acids is 5. The lowest BCUT2D eigenvalue weighted by molar-refractivity contribution is -0.345. The van der Waals surface area contributed by atoms with E-state index >= 15 is 0 Å². The number of aliphatic hydroxyl groups excluding tert-OH is 2. The van der Waals surface area contributed by atoms with Crippen LogP contribution in [0.4, 0.5) is 4.79 Å². The van der Waals surface area contributed by atoms with Crippen molar-refractivity contribution in [2.75, 3.05) is 6.61 Å². The maximum absolute atomic E-state index is 15.0. The molecule has 13 heteroatoms. The van der Waals surface area contributed by atoms with Crippen LogP contribution in [0.25, 0.3) is 0 Å². The van der Waals surface area contributed by atoms with Gasteiger partial charge in [0.05, 0.1) is 29.6 Å². The van der Waals surface area contributed by atoms with Gasteiger partial charge in [0.1, 0.15) is 12.2 Å². The van der Waals surface area contributed by atoms with E-state index in [1.54, 1.807) is 32.0 Å². The molecule has 6 rings (SSSR count). The van der Waals surface area contributed by atoms with Crippen LogP contribution in [0.5, 0.6) is 0 Å². The second-order valence-electron chi connectivity index (χ2n) is 13.3. The smallest absolute Gasteiger partial charge is 0.454 e. The molecule has 3 aliphatic carbocycles. The fourth-order valence-corrected chi connectivity index (χ4v) is 8.65. The Morgan fingerprint density at radius 2 is 1.64 bits per heavy atom. The summed E-state index contributed by atoms with van der Waals surface area (Å²) in [6, 6.07) is 7.93. The number of rotatable bonds is 4. The molecule has 10 atom stereocenters. The van der Waals surface area contributed by atoms with Crippen LogP contribution >= 0.6 is 0 Å². The number of hydrogen-bond donors (Lipinski definition) is 2. The Balaban J connectivity index is 1.72. The molecule has 1 aromatic carbocycles. The van der Waals surface area contributed by atoms with Gasteiger partial charge in [0.25, 0.3) is 0 Å². The standard InChI is InChI=1S/C32H36O13/c1-14-20-22(41-15(2)33)24(37)30(6)18(35)12-19-31(13-40-19,44-16(3)34)23(30)26(42-27(38)17-10-8-7-9-11-17)32(29(20,4)5)25(21(14)36)43-28(39)45-32/h7-11,18-19,21-23,25-26,35-36H,12-13H2,1-6H3/t18-,19+,21+,22+,23-,25-,26-,30+,31-,32+/m0/s1. The van der Waals surface area contributed by atoms with Crippen molar-refractivity contribution < 1.29 is 62.6 Å². The van der Waals surface area contributed by atoms with Crippen molar-refractivity contribution in [2.24, 2.45) is 16.7 Å². The molecular weight excluding hydrogens is 592 g/mol. The Morgan fingerprint density at radius 1 is 0.978 bits per heavy atom. The summed E-state index contributed by atoms with van der Waals surface area (Å²) in [4.78, 5) is 67.4. The van der Waals surface area contributed by atoms with Crippen LogP contribution in [0.3, 0.4) is 0 Å². The van der Waals surface area contributed by atoms with Gasteiger partial charge in [-0.15, -0.1) is 0 Å². The molecule has 2 saturated heterocycles. The molecule has 13 nitrogen and oxygen atoms in total. The first kappa shape index (κ1) is 31.2. The Bertz CT molecular complexity index is 1520. The van der Waals surface area contributed by atoms with Crippen LogP contribution < -0.4 is 0 Å². The van der Waals surface area contributed by atoms with Crippen molar-refractivity contribution in [3.8, 4) is 0 Å². The van der Waals surface area contributed by atoms with E-state index in [4.69, 9.17) is 28.4 Å². The average molecular weight is 629 g/mol. The fourth-order valence-electron chi connectivity index (χ4n) is 8.65. The highest BCUT2D eigenvalue weighted by molar-refractivity contribution is 5.96. The first-order valence-corrected chi connectivity index (χ1v) is 14.8. The van der Waals surface area contributed by atoms with Gasteiger partial charge in [0, 0.05) is 25.7 Å². The van der Waals surface area contributed by atoms with E-state index < -0.39 is 94.4 Å². The highest BCUT2D eigenvalue weighted by Gasteiger charge is 2.82. The normalized spacial score (nSPS) is 41.0. The average Bonchev–Trinajstić information content (AvgIpc) is 3.34. The van der Waals surface area contributed by atoms with Gasteiger partial charge in [-0.05, 0) is 37.1 Å². The molecular formula is C32H36O13. The molecule has 0 radical (unpaired) electrons. The highest BCUT2D eigenvalue weighted by Crippen LogP contribution is 2.66. The van der Waals surface area contributed by atoms with E-state index in [1.165, 1.54) is 32.9 Å². The van der Waals surface area contributed by atoms with Crippen molar-refractivity contribution in [3.63, 3.8) is 0 Å². The van der Waals surface area contributed by atoms with E-state index in [0.717, 1.165) is 6.92 Å². The zero-order valence-electron chi connectivity index (χ0n) is 25.7. The minimum Gasteiger partial charge on any atom is -0.454 e. The second kappa shape index (κ2) is 10.1. The largest absolute Gasteiger partial charge is 0.509 e. The Kier molecular flexibility index (Phi) is 7.00. The quantitative estimate of drug-likeness (QED) is 0.280. The summed E-state index contributed by atoms with van der Waals surface area (Å²) >= 11 is 0. The van der Waals surface area contributed by atoms with E-state index in [1.807, 2.05) is 0 Å². The van der Waals surface area contributed by atoms with Gasteiger partial charge in [-0.25, -0.2) is 9.59 Å². The Morgan fingerprint density at radius 3 is 2.22 bits per heavy atom. The number of benzene rings is 1. The molecule has 2 saturated carbocycles. The lowest BCUT2D eigenvalue weighted by atomic mass is 9.44. The Hall–Kier alpha value is -3.81. The fraction of sp³-hybridized carbons (Fsp3) is 0.594. The monoisotopic (exact) mass is 628 g/mol. The number of fused-ring (bicyclic) bond motifs is 4. The first-order valence-electron chi connectivity index (χ1n) is 14.8. The minimum absolute atomic E-state index is 0.103. The predicted molar refractivity (Wildman–Crippen MR) is 149 cm³/mol. The molecule has 242 valence electrons. The van der Waals surface area contributed by atoms with Crippen molar-refractivity contribution in [2.45, 2.75) is 95.8 Å². The third-order valence-electron chi connectivity index (χ3n) is 10.7. The minimum atomic E-state index is -2.10. The highest BCUT2D eigenvalue weighted by atomic mass is 16.8. The maximum atomic E-state index is 15.0. The van der Waals surface area contributed by atoms with Crippen LogP contribution in [-0.4, -0.2) is 94.5 Å². The molecule has 5 aliphatic rings. The molecule has 4 fully saturated rings. The van der Waals surface area contributed by atoms with Gasteiger partial charge in [0.15, 0.2) is 29.7 Å². The van der Waals surface area contributed by atoms with E-state index in [9.17, 15) is 34.2 Å². The molecule has 2 bridgehead atoms. The summed E-state index contributed by atoms with van der Waals surface area (Å²) in [6.45, 7) is 8.18. The Labute approximate surface area is 258 Å². The van der Waals surface area contributed by atoms with E-state index in [-0.39, 0.29) is 29.7 Å². The molecule has 1 spiro atoms. The zero-order valence-corrected chi connectivity index (χ0v) is 25.7. The second-order valence-corrected chi connectivity index (χ2v) is 13.3. The van der Waals surface area contributed by atoms with Crippen LogP contribution in [0.2, 0.25) is 0 Å². The number of Topliss-reactive ketones (excluding diaryl/α,β-unsaturated/α-hetero) is 1. The summed E-state index contributed by atoms with van der Waals surface area (Å²) < 4.78 is 35.5. The third kappa shape index (κ3) is 3.99.